The van der Waals surface area contributed by atoms with Gasteiger partial charge >= 0.3 is 0 Å². The molecule has 1 heterocycles. The topological polar surface area (TPSA) is 30.7 Å². The van der Waals surface area contributed by atoms with Gasteiger partial charge in [-0.3, -0.25) is 4.57 Å². The average molecular weight is 308 g/mol. The highest BCUT2D eigenvalue weighted by molar-refractivity contribution is 6.28. The van der Waals surface area contributed by atoms with Crippen LogP contribution in [0, 0.1) is 23.3 Å². The molecule has 0 saturated heterocycles. The predicted octanol–water partition coefficient (Wildman–Crippen LogP) is 3.77. The molecule has 1 aromatic carbocycles. The zero-order valence-electron chi connectivity index (χ0n) is 10.8. The Balaban J connectivity index is 2.86. The number of nitrogens with zero attached hydrogens (tertiary/aromatic N) is 3. The van der Waals surface area contributed by atoms with Gasteiger partial charge in [0.15, 0.2) is 23.3 Å². The molecular formula is C12H10ClF4N3. The smallest absolute Gasteiger partial charge is 0.229 e. The Hall–Kier alpha value is -1.63. The van der Waals surface area contributed by atoms with Crippen molar-refractivity contribution < 1.29 is 17.6 Å². The summed E-state index contributed by atoms with van der Waals surface area (Å²) in [6, 6.07) is 0.128. The number of benzene rings is 1. The van der Waals surface area contributed by atoms with E-state index in [0.29, 0.717) is 0 Å². The quantitative estimate of drug-likeness (QED) is 0.593. The van der Waals surface area contributed by atoms with E-state index in [1.165, 1.54) is 0 Å². The molecule has 0 amide bonds. The molecule has 0 radical (unpaired) electrons. The number of hydrogen-bond donors (Lipinski definition) is 0. The van der Waals surface area contributed by atoms with Gasteiger partial charge in [0.2, 0.25) is 5.28 Å². The number of aromatic nitrogens is 3. The van der Waals surface area contributed by atoms with Gasteiger partial charge < -0.3 is 0 Å². The van der Waals surface area contributed by atoms with Crippen molar-refractivity contribution in [2.45, 2.75) is 26.2 Å². The van der Waals surface area contributed by atoms with Crippen LogP contribution < -0.4 is 0 Å². The highest BCUT2D eigenvalue weighted by Gasteiger charge is 2.30. The molecular weight excluding hydrogens is 298 g/mol. The van der Waals surface area contributed by atoms with E-state index in [4.69, 9.17) is 11.6 Å². The van der Waals surface area contributed by atoms with Gasteiger partial charge in [0, 0.05) is 11.5 Å². The first-order valence-electron chi connectivity index (χ1n) is 5.59. The minimum Gasteiger partial charge on any atom is -0.263 e. The zero-order valence-corrected chi connectivity index (χ0v) is 11.6. The number of hydrogen-bond acceptors (Lipinski definition) is 2. The highest BCUT2D eigenvalue weighted by atomic mass is 35.5. The molecule has 0 aliphatic rings. The minimum atomic E-state index is -1.56. The first-order chi connectivity index (χ1) is 9.14. The van der Waals surface area contributed by atoms with Crippen molar-refractivity contribution in [3.05, 3.63) is 40.4 Å². The second-order valence-corrected chi connectivity index (χ2v) is 5.53. The molecule has 0 fully saturated rings. The molecule has 0 atom stereocenters. The summed E-state index contributed by atoms with van der Waals surface area (Å²) in [5.74, 6) is -6.09. The molecule has 0 spiro atoms. The van der Waals surface area contributed by atoms with Crippen molar-refractivity contribution in [1.29, 1.82) is 0 Å². The largest absolute Gasteiger partial charge is 0.263 e. The Morgan fingerprint density at radius 2 is 1.50 bits per heavy atom. The third-order valence-corrected chi connectivity index (χ3v) is 2.85. The third-order valence-electron chi connectivity index (χ3n) is 2.61. The fourth-order valence-electron chi connectivity index (χ4n) is 1.71. The molecule has 108 valence electrons. The molecule has 2 aromatic rings. The fraction of sp³-hybridized carbons (Fsp3) is 0.333. The summed E-state index contributed by atoms with van der Waals surface area (Å²) < 4.78 is 55.0. The lowest BCUT2D eigenvalue weighted by molar-refractivity contribution is 0.441. The van der Waals surface area contributed by atoms with Gasteiger partial charge in [-0.25, -0.2) is 17.6 Å². The van der Waals surface area contributed by atoms with Gasteiger partial charge in [-0.1, -0.05) is 20.8 Å². The summed E-state index contributed by atoms with van der Waals surface area (Å²) in [6.45, 7) is 5.07. The summed E-state index contributed by atoms with van der Waals surface area (Å²) in [5.41, 5.74) is -1.66. The first-order valence-corrected chi connectivity index (χ1v) is 5.97. The van der Waals surface area contributed by atoms with E-state index in [9.17, 15) is 17.6 Å². The summed E-state index contributed by atoms with van der Waals surface area (Å²) in [4.78, 5) is 0. The molecule has 0 aliphatic carbocycles. The van der Waals surface area contributed by atoms with Crippen molar-refractivity contribution in [3.8, 4) is 5.69 Å². The highest BCUT2D eigenvalue weighted by Crippen LogP contribution is 2.31. The molecule has 3 nitrogen and oxygen atoms in total. The summed E-state index contributed by atoms with van der Waals surface area (Å²) in [5, 5.41) is 6.82. The monoisotopic (exact) mass is 307 g/mol. The molecule has 0 bridgehead atoms. The van der Waals surface area contributed by atoms with Crippen LogP contribution in [0.3, 0.4) is 0 Å². The van der Waals surface area contributed by atoms with Crippen LogP contribution in [0.4, 0.5) is 17.6 Å². The fourth-order valence-corrected chi connectivity index (χ4v) is 1.91. The zero-order chi connectivity index (χ0) is 15.2. The standard InChI is InChI=1S/C12H10ClF4N3/c1-12(2,3)10-18-19-11(13)20(10)9-7(16)5(14)4-6(15)8(9)17/h4H,1-3H3. The van der Waals surface area contributed by atoms with Crippen molar-refractivity contribution in [1.82, 2.24) is 14.8 Å². The summed E-state index contributed by atoms with van der Waals surface area (Å²) in [6.07, 6.45) is 0. The van der Waals surface area contributed by atoms with Gasteiger partial charge in [0.25, 0.3) is 0 Å². The molecule has 0 N–H and O–H groups in total. The molecule has 8 heteroatoms. The maximum absolute atomic E-state index is 13.8. The normalized spacial score (nSPS) is 12.0. The van der Waals surface area contributed by atoms with Crippen LogP contribution in [0.25, 0.3) is 5.69 Å². The summed E-state index contributed by atoms with van der Waals surface area (Å²) >= 11 is 5.75. The van der Waals surface area contributed by atoms with Gasteiger partial charge in [-0.05, 0) is 11.6 Å². The Bertz CT molecular complexity index is 650. The molecule has 20 heavy (non-hydrogen) atoms. The second kappa shape index (κ2) is 4.73. The van der Waals surface area contributed by atoms with Gasteiger partial charge in [0.1, 0.15) is 11.5 Å². The van der Waals surface area contributed by atoms with Crippen molar-refractivity contribution in [2.75, 3.05) is 0 Å². The molecule has 2 rings (SSSR count). The maximum Gasteiger partial charge on any atom is 0.229 e. The predicted molar refractivity (Wildman–Crippen MR) is 64.9 cm³/mol. The Morgan fingerprint density at radius 1 is 1.00 bits per heavy atom. The maximum atomic E-state index is 13.8. The van der Waals surface area contributed by atoms with E-state index < -0.39 is 39.7 Å². The van der Waals surface area contributed by atoms with Gasteiger partial charge in [0.05, 0.1) is 0 Å². The van der Waals surface area contributed by atoms with E-state index >= 15 is 0 Å². The van der Waals surface area contributed by atoms with E-state index in [0.717, 1.165) is 4.57 Å². The van der Waals surface area contributed by atoms with Crippen LogP contribution >= 0.6 is 11.6 Å². The average Bonchev–Trinajstić information content (AvgIpc) is 2.69. The van der Waals surface area contributed by atoms with Crippen molar-refractivity contribution >= 4 is 11.6 Å². The summed E-state index contributed by atoms with van der Waals surface area (Å²) in [7, 11) is 0. The molecule has 1 aromatic heterocycles. The van der Waals surface area contributed by atoms with Crippen molar-refractivity contribution in [3.63, 3.8) is 0 Å². The number of halogens is 5. The van der Waals surface area contributed by atoms with Crippen LogP contribution in [0.5, 0.6) is 0 Å². The van der Waals surface area contributed by atoms with Crippen LogP contribution in [0.15, 0.2) is 6.07 Å². The van der Waals surface area contributed by atoms with E-state index in [1.54, 1.807) is 20.8 Å². The molecule has 0 saturated carbocycles. The number of rotatable bonds is 1. The lowest BCUT2D eigenvalue weighted by atomic mass is 9.95. The van der Waals surface area contributed by atoms with Gasteiger partial charge in [-0.15, -0.1) is 10.2 Å². The van der Waals surface area contributed by atoms with Crippen LogP contribution in [0.1, 0.15) is 26.6 Å². The Morgan fingerprint density at radius 3 is 1.95 bits per heavy atom. The van der Waals surface area contributed by atoms with Crippen LogP contribution in [-0.4, -0.2) is 14.8 Å². The lowest BCUT2D eigenvalue weighted by Crippen LogP contribution is -2.20. The van der Waals surface area contributed by atoms with E-state index in [1.807, 2.05) is 0 Å². The Labute approximate surface area is 117 Å². The van der Waals surface area contributed by atoms with Crippen LogP contribution in [-0.2, 0) is 5.41 Å². The molecule has 0 aliphatic heterocycles. The third kappa shape index (κ3) is 2.26. The second-order valence-electron chi connectivity index (χ2n) is 5.19. The van der Waals surface area contributed by atoms with E-state index in [-0.39, 0.29) is 11.9 Å². The molecule has 0 unspecified atom stereocenters. The van der Waals surface area contributed by atoms with Crippen LogP contribution in [0.2, 0.25) is 5.28 Å². The SMILES string of the molecule is CC(C)(C)c1nnc(Cl)n1-c1c(F)c(F)cc(F)c1F. The van der Waals surface area contributed by atoms with E-state index in [2.05, 4.69) is 10.2 Å². The lowest BCUT2D eigenvalue weighted by Gasteiger charge is -2.19. The van der Waals surface area contributed by atoms with Gasteiger partial charge in [-0.2, -0.15) is 0 Å². The minimum absolute atomic E-state index is 0.0744. The first kappa shape index (κ1) is 14.8. The Kier molecular flexibility index (Phi) is 3.49. The van der Waals surface area contributed by atoms with Crippen molar-refractivity contribution in [2.24, 2.45) is 0 Å².